The van der Waals surface area contributed by atoms with Gasteiger partial charge >= 0.3 is 0 Å². The van der Waals surface area contributed by atoms with Crippen LogP contribution in [0.3, 0.4) is 0 Å². The number of amides is 2. The largest absolute Gasteiger partial charge is 0.497 e. The van der Waals surface area contributed by atoms with E-state index in [2.05, 4.69) is 36.5 Å². The Balaban J connectivity index is 1.31. The number of halogens is 1. The van der Waals surface area contributed by atoms with Crippen LogP contribution in [0.4, 0.5) is 0 Å². The Morgan fingerprint density at radius 3 is 2.38 bits per heavy atom. The molecule has 164 valence electrons. The summed E-state index contributed by atoms with van der Waals surface area (Å²) in [6, 6.07) is 12.9. The number of carbonyl (C=O) groups excluding carboxylic acids is 2. The zero-order chi connectivity index (χ0) is 22.6. The molecule has 0 unspecified atom stereocenters. The molecule has 0 spiro atoms. The molecule has 8 nitrogen and oxygen atoms in total. The van der Waals surface area contributed by atoms with Crippen molar-refractivity contribution in [1.29, 1.82) is 0 Å². The number of aromatic nitrogens is 2. The maximum atomic E-state index is 12.7. The van der Waals surface area contributed by atoms with Crippen LogP contribution in [0.15, 0.2) is 65.7 Å². The van der Waals surface area contributed by atoms with Crippen LogP contribution in [0.5, 0.6) is 17.2 Å². The molecule has 1 aromatic heterocycles. The smallest absolute Gasteiger partial charge is 0.255 e. The van der Waals surface area contributed by atoms with Crippen molar-refractivity contribution in [3.8, 4) is 17.2 Å². The van der Waals surface area contributed by atoms with E-state index in [1.807, 2.05) is 42.5 Å². The first kappa shape index (κ1) is 21.8. The number of hydrogen-bond acceptors (Lipinski definition) is 6. The van der Waals surface area contributed by atoms with Crippen LogP contribution in [0.1, 0.15) is 28.8 Å². The normalized spacial score (nSPS) is 13.7. The summed E-state index contributed by atoms with van der Waals surface area (Å²) in [4.78, 5) is 32.7. The first-order chi connectivity index (χ1) is 15.5. The lowest BCUT2D eigenvalue weighted by Gasteiger charge is -2.17. The summed E-state index contributed by atoms with van der Waals surface area (Å²) in [5.74, 6) is 1.51. The van der Waals surface area contributed by atoms with Gasteiger partial charge in [0.15, 0.2) is 0 Å². The van der Waals surface area contributed by atoms with Crippen molar-refractivity contribution in [3.63, 3.8) is 0 Å². The van der Waals surface area contributed by atoms with Gasteiger partial charge in [0.1, 0.15) is 29.1 Å². The second kappa shape index (κ2) is 9.35. The number of nitrogens with one attached hydrogen (secondary N) is 2. The quantitative estimate of drug-likeness (QED) is 0.493. The van der Waals surface area contributed by atoms with E-state index in [0.29, 0.717) is 36.4 Å². The van der Waals surface area contributed by atoms with Gasteiger partial charge in [0.05, 0.1) is 17.1 Å². The van der Waals surface area contributed by atoms with E-state index < -0.39 is 5.54 Å². The Labute approximate surface area is 193 Å². The molecule has 9 heteroatoms. The standard InChI is InChI=1S/C23H21BrN4O4/c1-31-18-6-7-20(19(24)10-18)32-17-4-2-15(3-5-17)11-27-22(30)23(8-9-23)28-21(29)16-12-25-14-26-13-16/h2-7,10,12-14H,8-9,11H2,1H3,(H,27,30)(H,28,29). The van der Waals surface area contributed by atoms with Crippen molar-refractivity contribution >= 4 is 27.7 Å². The SMILES string of the molecule is COc1ccc(Oc2ccc(CNC(=O)C3(NC(=O)c4cncnc4)CC3)cc2)c(Br)c1. The Morgan fingerprint density at radius 2 is 1.75 bits per heavy atom. The van der Waals surface area contributed by atoms with Gasteiger partial charge in [-0.05, 0) is 64.7 Å². The Kier molecular flexibility index (Phi) is 6.36. The molecular weight excluding hydrogens is 476 g/mol. The topological polar surface area (TPSA) is 102 Å². The lowest BCUT2D eigenvalue weighted by atomic mass is 10.2. The number of hydrogen-bond donors (Lipinski definition) is 2. The predicted molar refractivity (Wildman–Crippen MR) is 121 cm³/mol. The average molecular weight is 497 g/mol. The van der Waals surface area contributed by atoms with Crippen molar-refractivity contribution in [1.82, 2.24) is 20.6 Å². The van der Waals surface area contributed by atoms with Gasteiger partial charge in [-0.1, -0.05) is 12.1 Å². The van der Waals surface area contributed by atoms with Crippen LogP contribution in [0, 0.1) is 0 Å². The number of nitrogens with zero attached hydrogens (tertiary/aromatic N) is 2. The zero-order valence-corrected chi connectivity index (χ0v) is 18.9. The molecule has 0 bridgehead atoms. The Morgan fingerprint density at radius 1 is 1.06 bits per heavy atom. The van der Waals surface area contributed by atoms with E-state index in [1.54, 1.807) is 7.11 Å². The second-order valence-corrected chi connectivity index (χ2v) is 8.24. The molecule has 3 aromatic rings. The first-order valence-electron chi connectivity index (χ1n) is 9.95. The third kappa shape index (κ3) is 5.05. The summed E-state index contributed by atoms with van der Waals surface area (Å²) in [5, 5.41) is 5.71. The molecule has 2 aromatic carbocycles. The highest BCUT2D eigenvalue weighted by molar-refractivity contribution is 9.10. The van der Waals surface area contributed by atoms with Crippen molar-refractivity contribution in [2.24, 2.45) is 0 Å². The van der Waals surface area contributed by atoms with E-state index in [0.717, 1.165) is 15.8 Å². The van der Waals surface area contributed by atoms with Gasteiger partial charge in [-0.25, -0.2) is 9.97 Å². The Bertz CT molecular complexity index is 1120. The fourth-order valence-corrected chi connectivity index (χ4v) is 3.52. The summed E-state index contributed by atoms with van der Waals surface area (Å²) in [6.45, 7) is 0.345. The van der Waals surface area contributed by atoms with E-state index in [4.69, 9.17) is 9.47 Å². The maximum absolute atomic E-state index is 12.7. The monoisotopic (exact) mass is 496 g/mol. The third-order valence-electron chi connectivity index (χ3n) is 5.10. The van der Waals surface area contributed by atoms with Crippen molar-refractivity contribution in [3.05, 3.63) is 76.8 Å². The molecule has 0 aliphatic heterocycles. The van der Waals surface area contributed by atoms with Crippen molar-refractivity contribution in [2.45, 2.75) is 24.9 Å². The number of methoxy groups -OCH3 is 1. The first-order valence-corrected chi connectivity index (χ1v) is 10.7. The minimum absolute atomic E-state index is 0.204. The Hall–Kier alpha value is -3.46. The molecule has 1 aliphatic rings. The summed E-state index contributed by atoms with van der Waals surface area (Å²) in [6.07, 6.45) is 5.39. The molecule has 2 N–H and O–H groups in total. The molecule has 0 radical (unpaired) electrons. The van der Waals surface area contributed by atoms with Gasteiger partial charge in [0.25, 0.3) is 5.91 Å². The van der Waals surface area contributed by atoms with Crippen LogP contribution in [-0.4, -0.2) is 34.4 Å². The van der Waals surface area contributed by atoms with Crippen molar-refractivity contribution < 1.29 is 19.1 Å². The van der Waals surface area contributed by atoms with Crippen LogP contribution in [0.25, 0.3) is 0 Å². The molecule has 0 atom stereocenters. The predicted octanol–water partition coefficient (Wildman–Crippen LogP) is 3.62. The van der Waals surface area contributed by atoms with Gasteiger partial charge in [-0.15, -0.1) is 0 Å². The lowest BCUT2D eigenvalue weighted by molar-refractivity contribution is -0.124. The van der Waals surface area contributed by atoms with Crippen LogP contribution in [0.2, 0.25) is 0 Å². The lowest BCUT2D eigenvalue weighted by Crippen LogP contribution is -2.48. The van der Waals surface area contributed by atoms with Crippen LogP contribution >= 0.6 is 15.9 Å². The van der Waals surface area contributed by atoms with Gasteiger partial charge < -0.3 is 20.1 Å². The third-order valence-corrected chi connectivity index (χ3v) is 5.72. The van der Waals surface area contributed by atoms with Crippen molar-refractivity contribution in [2.75, 3.05) is 7.11 Å². The van der Waals surface area contributed by atoms with Gasteiger partial charge in [0.2, 0.25) is 5.91 Å². The van der Waals surface area contributed by atoms with E-state index >= 15 is 0 Å². The molecule has 32 heavy (non-hydrogen) atoms. The highest BCUT2D eigenvalue weighted by Gasteiger charge is 2.51. The van der Waals surface area contributed by atoms with Gasteiger partial charge in [0, 0.05) is 18.9 Å². The highest BCUT2D eigenvalue weighted by atomic mass is 79.9. The van der Waals surface area contributed by atoms with Gasteiger partial charge in [-0.2, -0.15) is 0 Å². The molecule has 2 amide bonds. The summed E-state index contributed by atoms with van der Waals surface area (Å²) in [5.41, 5.74) is 0.375. The molecule has 1 saturated carbocycles. The van der Waals surface area contributed by atoms with Crippen LogP contribution < -0.4 is 20.1 Å². The number of benzene rings is 2. The zero-order valence-electron chi connectivity index (χ0n) is 17.3. The molecule has 1 heterocycles. The number of rotatable bonds is 8. The van der Waals surface area contributed by atoms with E-state index in [1.165, 1.54) is 18.7 Å². The van der Waals surface area contributed by atoms with E-state index in [9.17, 15) is 9.59 Å². The number of ether oxygens (including phenoxy) is 2. The minimum atomic E-state index is -0.864. The fraction of sp³-hybridized carbons (Fsp3) is 0.217. The molecule has 4 rings (SSSR count). The molecular formula is C23H21BrN4O4. The summed E-state index contributed by atoms with van der Waals surface area (Å²) in [7, 11) is 1.61. The number of carbonyl (C=O) groups is 2. The maximum Gasteiger partial charge on any atom is 0.255 e. The second-order valence-electron chi connectivity index (χ2n) is 7.39. The minimum Gasteiger partial charge on any atom is -0.497 e. The summed E-state index contributed by atoms with van der Waals surface area (Å²) < 4.78 is 11.9. The average Bonchev–Trinajstić information content (AvgIpc) is 3.61. The molecule has 1 fully saturated rings. The summed E-state index contributed by atoms with van der Waals surface area (Å²) >= 11 is 3.47. The van der Waals surface area contributed by atoms with Crippen LogP contribution in [-0.2, 0) is 11.3 Å². The molecule has 0 saturated heterocycles. The fourth-order valence-electron chi connectivity index (χ4n) is 3.08. The molecule has 1 aliphatic carbocycles. The van der Waals surface area contributed by atoms with Gasteiger partial charge in [-0.3, -0.25) is 9.59 Å². The van der Waals surface area contributed by atoms with E-state index in [-0.39, 0.29) is 11.8 Å². The highest BCUT2D eigenvalue weighted by Crippen LogP contribution is 2.36.